The highest BCUT2D eigenvalue weighted by Gasteiger charge is 2.42. The maximum absolute atomic E-state index is 10.8. The summed E-state index contributed by atoms with van der Waals surface area (Å²) < 4.78 is 0. The summed E-state index contributed by atoms with van der Waals surface area (Å²) in [7, 11) is 0. The van der Waals surface area contributed by atoms with Crippen LogP contribution in [0.25, 0.3) is 0 Å². The summed E-state index contributed by atoms with van der Waals surface area (Å²) in [5.74, 6) is 0.428. The molecule has 2 aliphatic rings. The molecule has 1 aromatic carbocycles. The van der Waals surface area contributed by atoms with E-state index in [1.165, 1.54) is 18.4 Å². The van der Waals surface area contributed by atoms with Gasteiger partial charge in [-0.2, -0.15) is 0 Å². The zero-order chi connectivity index (χ0) is 14.9. The van der Waals surface area contributed by atoms with Crippen molar-refractivity contribution in [2.45, 2.75) is 44.2 Å². The predicted molar refractivity (Wildman–Crippen MR) is 89.1 cm³/mol. The van der Waals surface area contributed by atoms with E-state index in [0.29, 0.717) is 10.9 Å². The Morgan fingerprint density at radius 1 is 1.33 bits per heavy atom. The Labute approximate surface area is 132 Å². The van der Waals surface area contributed by atoms with E-state index < -0.39 is 5.60 Å². The molecule has 1 heterocycles. The van der Waals surface area contributed by atoms with Crippen molar-refractivity contribution < 1.29 is 5.11 Å². The maximum Gasteiger partial charge on any atom is 0.104 e. The SMILES string of the molecule is NC(=S)c1ccccc1CN1CCC2(O)CCCCC2C1. The van der Waals surface area contributed by atoms with Crippen LogP contribution in [0.15, 0.2) is 24.3 Å². The molecule has 1 aliphatic heterocycles. The summed E-state index contributed by atoms with van der Waals surface area (Å²) in [6.45, 7) is 2.82. The van der Waals surface area contributed by atoms with Crippen molar-refractivity contribution in [3.63, 3.8) is 0 Å². The molecule has 21 heavy (non-hydrogen) atoms. The summed E-state index contributed by atoms with van der Waals surface area (Å²) >= 11 is 5.15. The molecule has 0 bridgehead atoms. The van der Waals surface area contributed by atoms with Crippen LogP contribution in [0.4, 0.5) is 0 Å². The molecule has 3 nitrogen and oxygen atoms in total. The van der Waals surface area contributed by atoms with Gasteiger partial charge in [0.25, 0.3) is 0 Å². The number of benzene rings is 1. The predicted octanol–water partition coefficient (Wildman–Crippen LogP) is 2.45. The normalized spacial score (nSPS) is 29.9. The number of nitrogens with two attached hydrogens (primary N) is 1. The molecule has 2 fully saturated rings. The van der Waals surface area contributed by atoms with E-state index in [1.54, 1.807) is 0 Å². The number of thiocarbonyl (C=S) groups is 1. The highest BCUT2D eigenvalue weighted by molar-refractivity contribution is 7.80. The molecule has 114 valence electrons. The number of fused-ring (bicyclic) bond motifs is 1. The third-order valence-electron chi connectivity index (χ3n) is 5.19. The van der Waals surface area contributed by atoms with Crippen molar-refractivity contribution in [3.8, 4) is 0 Å². The molecule has 0 radical (unpaired) electrons. The molecular formula is C17H24N2OS. The first-order valence-corrected chi connectivity index (χ1v) is 8.32. The second-order valence-electron chi connectivity index (χ2n) is 6.55. The van der Waals surface area contributed by atoms with E-state index in [-0.39, 0.29) is 0 Å². The highest BCUT2D eigenvalue weighted by Crippen LogP contribution is 2.40. The van der Waals surface area contributed by atoms with Gasteiger partial charge in [0, 0.05) is 31.1 Å². The summed E-state index contributed by atoms with van der Waals surface area (Å²) in [5.41, 5.74) is 7.60. The van der Waals surface area contributed by atoms with Gasteiger partial charge in [0.1, 0.15) is 4.99 Å². The highest BCUT2D eigenvalue weighted by atomic mass is 32.1. The minimum Gasteiger partial charge on any atom is -0.390 e. The number of piperidine rings is 1. The largest absolute Gasteiger partial charge is 0.390 e. The van der Waals surface area contributed by atoms with Gasteiger partial charge in [-0.25, -0.2) is 0 Å². The van der Waals surface area contributed by atoms with E-state index in [9.17, 15) is 5.11 Å². The van der Waals surface area contributed by atoms with Gasteiger partial charge in [0.2, 0.25) is 0 Å². The quantitative estimate of drug-likeness (QED) is 0.842. The third-order valence-corrected chi connectivity index (χ3v) is 5.41. The van der Waals surface area contributed by atoms with E-state index in [4.69, 9.17) is 18.0 Å². The van der Waals surface area contributed by atoms with Crippen molar-refractivity contribution in [2.75, 3.05) is 13.1 Å². The average molecular weight is 304 g/mol. The van der Waals surface area contributed by atoms with Crippen LogP contribution >= 0.6 is 12.2 Å². The van der Waals surface area contributed by atoms with Crippen molar-refractivity contribution in [2.24, 2.45) is 11.7 Å². The molecule has 2 atom stereocenters. The Hall–Kier alpha value is -0.970. The minimum absolute atomic E-state index is 0.405. The number of hydrogen-bond acceptors (Lipinski definition) is 3. The molecule has 3 rings (SSSR count). The second kappa shape index (κ2) is 6.03. The van der Waals surface area contributed by atoms with Crippen LogP contribution in [0.3, 0.4) is 0 Å². The number of nitrogens with zero attached hydrogens (tertiary/aromatic N) is 1. The van der Waals surface area contributed by atoms with Crippen LogP contribution in [0.1, 0.15) is 43.2 Å². The van der Waals surface area contributed by atoms with Crippen LogP contribution in [0.5, 0.6) is 0 Å². The summed E-state index contributed by atoms with van der Waals surface area (Å²) in [6.07, 6.45) is 5.47. The third kappa shape index (κ3) is 3.12. The Balaban J connectivity index is 1.71. The molecule has 1 aromatic rings. The standard InChI is InChI=1S/C17H24N2OS/c18-16(21)15-7-2-1-5-13(15)11-19-10-9-17(20)8-4-3-6-14(17)12-19/h1-2,5,7,14,20H,3-4,6,8-12H2,(H2,18,21). The Morgan fingerprint density at radius 2 is 2.14 bits per heavy atom. The van der Waals surface area contributed by atoms with Gasteiger partial charge >= 0.3 is 0 Å². The second-order valence-corrected chi connectivity index (χ2v) is 6.99. The number of hydrogen-bond donors (Lipinski definition) is 2. The molecule has 0 spiro atoms. The Kier molecular flexibility index (Phi) is 4.29. The lowest BCUT2D eigenvalue weighted by Crippen LogP contribution is -2.53. The van der Waals surface area contributed by atoms with Gasteiger partial charge in [-0.05, 0) is 24.8 Å². The first-order chi connectivity index (χ1) is 10.1. The number of rotatable bonds is 3. The summed E-state index contributed by atoms with van der Waals surface area (Å²) in [6, 6.07) is 8.13. The fraction of sp³-hybridized carbons (Fsp3) is 0.588. The van der Waals surface area contributed by atoms with Crippen LogP contribution < -0.4 is 5.73 Å². The number of likely N-dealkylation sites (tertiary alicyclic amines) is 1. The molecule has 2 unspecified atom stereocenters. The van der Waals surface area contributed by atoms with E-state index >= 15 is 0 Å². The molecule has 1 saturated heterocycles. The molecule has 0 amide bonds. The van der Waals surface area contributed by atoms with E-state index in [0.717, 1.165) is 44.5 Å². The smallest absolute Gasteiger partial charge is 0.104 e. The fourth-order valence-electron chi connectivity index (χ4n) is 3.92. The van der Waals surface area contributed by atoms with Crippen LogP contribution in [-0.2, 0) is 6.54 Å². The topological polar surface area (TPSA) is 49.5 Å². The first kappa shape index (κ1) is 14.9. The summed E-state index contributed by atoms with van der Waals surface area (Å²) in [5, 5.41) is 10.8. The molecule has 1 saturated carbocycles. The van der Waals surface area contributed by atoms with Gasteiger partial charge in [-0.15, -0.1) is 0 Å². The monoisotopic (exact) mass is 304 g/mol. The van der Waals surface area contributed by atoms with Crippen molar-refractivity contribution in [3.05, 3.63) is 35.4 Å². The molecule has 4 heteroatoms. The van der Waals surface area contributed by atoms with Gasteiger partial charge in [0.15, 0.2) is 0 Å². The Morgan fingerprint density at radius 3 is 2.95 bits per heavy atom. The average Bonchev–Trinajstić information content (AvgIpc) is 2.48. The fourth-order valence-corrected chi connectivity index (χ4v) is 4.12. The molecule has 1 aliphatic carbocycles. The van der Waals surface area contributed by atoms with Crippen LogP contribution in [0.2, 0.25) is 0 Å². The Bertz CT molecular complexity index is 533. The summed E-state index contributed by atoms with van der Waals surface area (Å²) in [4.78, 5) is 2.92. The lowest BCUT2D eigenvalue weighted by molar-refractivity contribution is -0.0967. The van der Waals surface area contributed by atoms with Crippen molar-refractivity contribution in [1.82, 2.24) is 4.90 Å². The zero-order valence-corrected chi connectivity index (χ0v) is 13.2. The van der Waals surface area contributed by atoms with Gasteiger partial charge in [0.05, 0.1) is 5.60 Å². The van der Waals surface area contributed by atoms with Crippen LogP contribution in [-0.4, -0.2) is 33.7 Å². The first-order valence-electron chi connectivity index (χ1n) is 7.91. The minimum atomic E-state index is -0.405. The van der Waals surface area contributed by atoms with Gasteiger partial charge in [-0.1, -0.05) is 49.3 Å². The zero-order valence-electron chi connectivity index (χ0n) is 12.4. The van der Waals surface area contributed by atoms with Gasteiger partial charge < -0.3 is 10.8 Å². The lowest BCUT2D eigenvalue weighted by atomic mass is 9.71. The molecule has 0 aromatic heterocycles. The van der Waals surface area contributed by atoms with Crippen molar-refractivity contribution >= 4 is 17.2 Å². The molecule has 3 N–H and O–H groups in total. The maximum atomic E-state index is 10.8. The van der Waals surface area contributed by atoms with Gasteiger partial charge in [-0.3, -0.25) is 4.90 Å². The van der Waals surface area contributed by atoms with Crippen LogP contribution in [0, 0.1) is 5.92 Å². The van der Waals surface area contributed by atoms with Crippen molar-refractivity contribution in [1.29, 1.82) is 0 Å². The molecular weight excluding hydrogens is 280 g/mol. The lowest BCUT2D eigenvalue weighted by Gasteiger charge is -2.47. The van der Waals surface area contributed by atoms with E-state index in [2.05, 4.69) is 11.0 Å². The number of aliphatic hydroxyl groups is 1. The van der Waals surface area contributed by atoms with E-state index in [1.807, 2.05) is 18.2 Å².